The number of nitrogens with two attached hydrogens (primary N) is 1. The van der Waals surface area contributed by atoms with Crippen LogP contribution in [0.15, 0.2) is 53.4 Å². The molecule has 0 saturated carbocycles. The van der Waals surface area contributed by atoms with Crippen LogP contribution in [0, 0.1) is 5.82 Å². The molecule has 0 heterocycles. The van der Waals surface area contributed by atoms with E-state index in [-0.39, 0.29) is 17.3 Å². The Balaban J connectivity index is 1.98. The number of sulfonamides is 1. The van der Waals surface area contributed by atoms with Crippen molar-refractivity contribution in [1.29, 1.82) is 0 Å². The molecule has 24 heavy (non-hydrogen) atoms. The third kappa shape index (κ3) is 4.77. The van der Waals surface area contributed by atoms with E-state index in [1.165, 1.54) is 36.4 Å². The normalized spacial score (nSPS) is 12.5. The highest BCUT2D eigenvalue weighted by Crippen LogP contribution is 2.17. The average Bonchev–Trinajstić information content (AvgIpc) is 2.53. The van der Waals surface area contributed by atoms with Crippen molar-refractivity contribution >= 4 is 15.9 Å². The number of amides is 1. The average molecular weight is 352 g/mol. The van der Waals surface area contributed by atoms with Gasteiger partial charge in [-0.15, -0.1) is 0 Å². The molecule has 6 nitrogen and oxygen atoms in total. The first-order valence-electron chi connectivity index (χ1n) is 7.07. The van der Waals surface area contributed by atoms with Gasteiger partial charge in [0.2, 0.25) is 10.0 Å². The lowest BCUT2D eigenvalue weighted by Crippen LogP contribution is -2.31. The number of hydrogen-bond donors (Lipinski definition) is 2. The monoisotopic (exact) mass is 352 g/mol. The summed E-state index contributed by atoms with van der Waals surface area (Å²) < 4.78 is 41.2. The van der Waals surface area contributed by atoms with Gasteiger partial charge in [0, 0.05) is 0 Å². The Hall–Kier alpha value is -2.45. The van der Waals surface area contributed by atoms with Crippen LogP contribution in [0.5, 0.6) is 5.75 Å². The van der Waals surface area contributed by atoms with Gasteiger partial charge in [-0.1, -0.05) is 24.3 Å². The van der Waals surface area contributed by atoms with Crippen LogP contribution in [-0.2, 0) is 14.8 Å². The largest absolute Gasteiger partial charge is 0.481 e. The molecule has 3 N–H and O–H groups in total. The standard InChI is InChI=1S/C16H17FN2O4S/c1-11(12-5-4-6-13(9-12)24(18,21)22)19-16(20)10-23-15-8-3-2-7-14(15)17/h2-9,11H,10H2,1H3,(H,19,20)(H2,18,21,22). The Bertz CT molecular complexity index is 839. The summed E-state index contributed by atoms with van der Waals surface area (Å²) >= 11 is 0. The fourth-order valence-corrected chi connectivity index (χ4v) is 2.60. The van der Waals surface area contributed by atoms with Crippen LogP contribution in [0.25, 0.3) is 0 Å². The zero-order valence-electron chi connectivity index (χ0n) is 12.9. The topological polar surface area (TPSA) is 98.5 Å². The number of carbonyl (C=O) groups excluding carboxylic acids is 1. The molecule has 0 aliphatic rings. The highest BCUT2D eigenvalue weighted by molar-refractivity contribution is 7.89. The quantitative estimate of drug-likeness (QED) is 0.827. The van der Waals surface area contributed by atoms with E-state index in [1.54, 1.807) is 19.1 Å². The maximum absolute atomic E-state index is 13.4. The van der Waals surface area contributed by atoms with Gasteiger partial charge in [-0.2, -0.15) is 0 Å². The number of primary sulfonamides is 1. The van der Waals surface area contributed by atoms with Crippen LogP contribution in [0.1, 0.15) is 18.5 Å². The van der Waals surface area contributed by atoms with E-state index in [4.69, 9.17) is 9.88 Å². The first kappa shape index (κ1) is 17.9. The van der Waals surface area contributed by atoms with Crippen LogP contribution in [-0.4, -0.2) is 20.9 Å². The molecule has 1 amide bonds. The summed E-state index contributed by atoms with van der Waals surface area (Å²) in [7, 11) is -3.82. The molecule has 1 unspecified atom stereocenters. The summed E-state index contributed by atoms with van der Waals surface area (Å²) in [4.78, 5) is 11.9. The minimum atomic E-state index is -3.82. The molecule has 2 aromatic carbocycles. The second-order valence-electron chi connectivity index (χ2n) is 5.13. The minimum Gasteiger partial charge on any atom is -0.481 e. The van der Waals surface area contributed by atoms with Crippen LogP contribution < -0.4 is 15.2 Å². The maximum atomic E-state index is 13.4. The Morgan fingerprint density at radius 3 is 2.62 bits per heavy atom. The predicted octanol–water partition coefficient (Wildman–Crippen LogP) is 1.73. The molecule has 0 aliphatic heterocycles. The van der Waals surface area contributed by atoms with Crippen molar-refractivity contribution in [1.82, 2.24) is 5.32 Å². The number of carbonyl (C=O) groups is 1. The molecule has 0 aromatic heterocycles. The van der Waals surface area contributed by atoms with E-state index in [1.807, 2.05) is 0 Å². The van der Waals surface area contributed by atoms with Crippen molar-refractivity contribution in [3.8, 4) is 5.75 Å². The van der Waals surface area contributed by atoms with Crippen LogP contribution in [0.3, 0.4) is 0 Å². The van der Waals surface area contributed by atoms with Gasteiger partial charge in [-0.3, -0.25) is 4.79 Å². The molecule has 8 heteroatoms. The van der Waals surface area contributed by atoms with Gasteiger partial charge in [-0.25, -0.2) is 17.9 Å². The molecule has 128 valence electrons. The zero-order chi connectivity index (χ0) is 17.7. The summed E-state index contributed by atoms with van der Waals surface area (Å²) in [6.45, 7) is 1.32. The van der Waals surface area contributed by atoms with Gasteiger partial charge in [-0.05, 0) is 36.8 Å². The minimum absolute atomic E-state index is 0.0171. The van der Waals surface area contributed by atoms with Crippen LogP contribution >= 0.6 is 0 Å². The lowest BCUT2D eigenvalue weighted by molar-refractivity contribution is -0.123. The summed E-state index contributed by atoms with van der Waals surface area (Å²) in [6, 6.07) is 11.2. The summed E-state index contributed by atoms with van der Waals surface area (Å²) in [5.41, 5.74) is 0.570. The fourth-order valence-electron chi connectivity index (χ4n) is 2.03. The Labute approximate surface area is 139 Å². The molecule has 0 fully saturated rings. The van der Waals surface area contributed by atoms with Crippen molar-refractivity contribution in [2.75, 3.05) is 6.61 Å². The molecule has 0 bridgehead atoms. The third-order valence-corrected chi connectivity index (χ3v) is 4.17. The third-order valence-electron chi connectivity index (χ3n) is 3.26. The van der Waals surface area contributed by atoms with Crippen LogP contribution in [0.2, 0.25) is 0 Å². The highest BCUT2D eigenvalue weighted by Gasteiger charge is 2.14. The van der Waals surface area contributed by atoms with Crippen molar-refractivity contribution < 1.29 is 22.3 Å². The molecule has 0 spiro atoms. The van der Waals surface area contributed by atoms with E-state index in [2.05, 4.69) is 5.32 Å². The number of rotatable bonds is 6. The first-order chi connectivity index (χ1) is 11.3. The number of hydrogen-bond acceptors (Lipinski definition) is 4. The molecular weight excluding hydrogens is 335 g/mol. The molecule has 2 rings (SSSR count). The molecule has 2 aromatic rings. The van der Waals surface area contributed by atoms with E-state index in [0.717, 1.165) is 0 Å². The van der Waals surface area contributed by atoms with Gasteiger partial charge >= 0.3 is 0 Å². The molecule has 0 radical (unpaired) electrons. The number of nitrogens with one attached hydrogen (secondary N) is 1. The summed E-state index contributed by atoms with van der Waals surface area (Å²) in [6.07, 6.45) is 0. The highest BCUT2D eigenvalue weighted by atomic mass is 32.2. The van der Waals surface area contributed by atoms with E-state index in [0.29, 0.717) is 5.56 Å². The van der Waals surface area contributed by atoms with Crippen molar-refractivity contribution in [3.63, 3.8) is 0 Å². The lowest BCUT2D eigenvalue weighted by atomic mass is 10.1. The van der Waals surface area contributed by atoms with Gasteiger partial charge in [0.25, 0.3) is 5.91 Å². The summed E-state index contributed by atoms with van der Waals surface area (Å²) in [5, 5.41) is 7.73. The van der Waals surface area contributed by atoms with Crippen molar-refractivity contribution in [2.24, 2.45) is 5.14 Å². The van der Waals surface area contributed by atoms with E-state index < -0.39 is 27.8 Å². The van der Waals surface area contributed by atoms with Crippen molar-refractivity contribution in [2.45, 2.75) is 17.9 Å². The van der Waals surface area contributed by atoms with Gasteiger partial charge < -0.3 is 10.1 Å². The SMILES string of the molecule is CC(NC(=O)COc1ccccc1F)c1cccc(S(N)(=O)=O)c1. The molecule has 0 saturated heterocycles. The Kier molecular flexibility index (Phi) is 5.53. The van der Waals surface area contributed by atoms with E-state index >= 15 is 0 Å². The van der Waals surface area contributed by atoms with Gasteiger partial charge in [0.05, 0.1) is 10.9 Å². The van der Waals surface area contributed by atoms with Crippen molar-refractivity contribution in [3.05, 3.63) is 59.9 Å². The smallest absolute Gasteiger partial charge is 0.258 e. The first-order valence-corrected chi connectivity index (χ1v) is 8.61. The fraction of sp³-hybridized carbons (Fsp3) is 0.188. The number of para-hydroxylation sites is 1. The second-order valence-corrected chi connectivity index (χ2v) is 6.69. The Morgan fingerprint density at radius 2 is 1.96 bits per heavy atom. The zero-order valence-corrected chi connectivity index (χ0v) is 13.7. The number of ether oxygens (including phenoxy) is 1. The molecule has 0 aliphatic carbocycles. The molecular formula is C16H17FN2O4S. The number of halogens is 1. The van der Waals surface area contributed by atoms with E-state index in [9.17, 15) is 17.6 Å². The predicted molar refractivity (Wildman–Crippen MR) is 86.3 cm³/mol. The summed E-state index contributed by atoms with van der Waals surface area (Å²) in [5.74, 6) is -1.04. The Morgan fingerprint density at radius 1 is 1.25 bits per heavy atom. The van der Waals surface area contributed by atoms with Gasteiger partial charge in [0.1, 0.15) is 0 Å². The van der Waals surface area contributed by atoms with Gasteiger partial charge in [0.15, 0.2) is 18.2 Å². The maximum Gasteiger partial charge on any atom is 0.258 e. The van der Waals surface area contributed by atoms with Crippen LogP contribution in [0.4, 0.5) is 4.39 Å². The lowest BCUT2D eigenvalue weighted by Gasteiger charge is -2.15. The molecule has 1 atom stereocenters. The second kappa shape index (κ2) is 7.41. The number of benzene rings is 2.